The van der Waals surface area contributed by atoms with Crippen LogP contribution in [0.3, 0.4) is 0 Å². The Kier molecular flexibility index (Phi) is 7.46. The molecule has 2 atom stereocenters. The van der Waals surface area contributed by atoms with Gasteiger partial charge in [-0.25, -0.2) is 0 Å². The average Bonchev–Trinajstić information content (AvgIpc) is 3.21. The third-order valence-electron chi connectivity index (χ3n) is 5.50. The lowest BCUT2D eigenvalue weighted by molar-refractivity contribution is -0.138. The van der Waals surface area contributed by atoms with Gasteiger partial charge in [-0.3, -0.25) is 10.1 Å². The molecule has 3 rings (SSSR count). The number of rotatable bonds is 7. The third-order valence-corrected chi connectivity index (χ3v) is 6.77. The molecule has 0 aromatic heterocycles. The summed E-state index contributed by atoms with van der Waals surface area (Å²) in [5.41, 5.74) is 3.58. The van der Waals surface area contributed by atoms with Crippen molar-refractivity contribution in [3.63, 3.8) is 0 Å². The minimum atomic E-state index is -0.810. The van der Waals surface area contributed by atoms with Gasteiger partial charge in [-0.05, 0) is 45.7 Å². The fraction of sp³-hybridized carbons (Fsp3) is 0.500. The lowest BCUT2D eigenvalue weighted by Gasteiger charge is -2.27. The minimum absolute atomic E-state index is 0.0223. The Balaban J connectivity index is 1.59. The fourth-order valence-electron chi connectivity index (χ4n) is 3.59. The molecule has 2 aromatic rings. The second-order valence-electron chi connectivity index (χ2n) is 10.3. The van der Waals surface area contributed by atoms with Gasteiger partial charge in [0.25, 0.3) is 0 Å². The molecule has 0 bridgehead atoms. The molecule has 1 aliphatic rings. The SMILES string of the molecule is CC(C)(C)c1ccc(OCCOc2cccc(C3NC(C(=O)O)CS3)c2)c(C(C)(C)C)c1. The summed E-state index contributed by atoms with van der Waals surface area (Å²) in [4.78, 5) is 11.2. The van der Waals surface area contributed by atoms with Gasteiger partial charge in [0.1, 0.15) is 30.8 Å². The Morgan fingerprint density at radius 2 is 1.75 bits per heavy atom. The van der Waals surface area contributed by atoms with Crippen LogP contribution in [0.25, 0.3) is 0 Å². The maximum absolute atomic E-state index is 11.2. The van der Waals surface area contributed by atoms with Gasteiger partial charge in [0.05, 0.1) is 5.37 Å². The topological polar surface area (TPSA) is 67.8 Å². The Labute approximate surface area is 195 Å². The van der Waals surface area contributed by atoms with Crippen LogP contribution in [-0.2, 0) is 15.6 Å². The van der Waals surface area contributed by atoms with E-state index in [1.807, 2.05) is 24.3 Å². The third kappa shape index (κ3) is 6.20. The van der Waals surface area contributed by atoms with E-state index in [2.05, 4.69) is 65.1 Å². The van der Waals surface area contributed by atoms with E-state index in [1.54, 1.807) is 11.8 Å². The lowest BCUT2D eigenvalue weighted by Crippen LogP contribution is -2.33. The summed E-state index contributed by atoms with van der Waals surface area (Å²) in [7, 11) is 0. The van der Waals surface area contributed by atoms with Crippen LogP contribution in [0.1, 0.15) is 63.6 Å². The standard InChI is InChI=1S/C26H35NO4S/c1-25(2,3)18-10-11-22(20(15-18)26(4,5)6)31-13-12-30-19-9-7-8-17(14-19)23-27-21(16-32-23)24(28)29/h7-11,14-15,21,23,27H,12-13,16H2,1-6H3,(H,28,29). The van der Waals surface area contributed by atoms with Gasteiger partial charge in [0.2, 0.25) is 0 Å². The number of thioether (sulfide) groups is 1. The van der Waals surface area contributed by atoms with Gasteiger partial charge in [-0.1, -0.05) is 65.8 Å². The maximum Gasteiger partial charge on any atom is 0.321 e. The summed E-state index contributed by atoms with van der Waals surface area (Å²) in [5.74, 6) is 1.40. The first-order valence-corrected chi connectivity index (χ1v) is 12.1. The Bertz CT molecular complexity index is 946. The summed E-state index contributed by atoms with van der Waals surface area (Å²) in [5, 5.41) is 12.3. The quantitative estimate of drug-likeness (QED) is 0.533. The van der Waals surface area contributed by atoms with Crippen molar-refractivity contribution in [2.45, 2.75) is 63.8 Å². The number of aliphatic carboxylic acids is 1. The number of carboxylic acids is 1. The minimum Gasteiger partial charge on any atom is -0.490 e. The van der Waals surface area contributed by atoms with Gasteiger partial charge in [-0.2, -0.15) is 0 Å². The van der Waals surface area contributed by atoms with Crippen molar-refractivity contribution in [3.8, 4) is 11.5 Å². The van der Waals surface area contributed by atoms with Crippen molar-refractivity contribution >= 4 is 17.7 Å². The number of benzene rings is 2. The summed E-state index contributed by atoms with van der Waals surface area (Å²) in [6, 6.07) is 13.8. The lowest BCUT2D eigenvalue weighted by atomic mass is 9.80. The van der Waals surface area contributed by atoms with Crippen molar-refractivity contribution in [2.24, 2.45) is 0 Å². The van der Waals surface area contributed by atoms with Crippen LogP contribution in [0.5, 0.6) is 11.5 Å². The van der Waals surface area contributed by atoms with Crippen molar-refractivity contribution in [1.29, 1.82) is 0 Å². The van der Waals surface area contributed by atoms with E-state index >= 15 is 0 Å². The molecule has 0 amide bonds. The zero-order valence-electron chi connectivity index (χ0n) is 19.9. The second kappa shape index (κ2) is 9.75. The van der Waals surface area contributed by atoms with Gasteiger partial charge in [0.15, 0.2) is 0 Å². The Morgan fingerprint density at radius 1 is 1.03 bits per heavy atom. The van der Waals surface area contributed by atoms with Crippen LogP contribution in [-0.4, -0.2) is 36.1 Å². The summed E-state index contributed by atoms with van der Waals surface area (Å²) in [6.45, 7) is 14.1. The predicted molar refractivity (Wildman–Crippen MR) is 131 cm³/mol. The molecule has 0 radical (unpaired) electrons. The molecule has 0 spiro atoms. The Morgan fingerprint density at radius 3 is 2.38 bits per heavy atom. The highest BCUT2D eigenvalue weighted by Gasteiger charge is 2.30. The smallest absolute Gasteiger partial charge is 0.321 e. The van der Waals surface area contributed by atoms with E-state index in [0.29, 0.717) is 19.0 Å². The molecule has 174 valence electrons. The second-order valence-corrected chi connectivity index (χ2v) is 11.4. The molecule has 32 heavy (non-hydrogen) atoms. The van der Waals surface area contributed by atoms with Gasteiger partial charge >= 0.3 is 5.97 Å². The summed E-state index contributed by atoms with van der Waals surface area (Å²) < 4.78 is 12.0. The molecular formula is C26H35NO4S. The molecule has 1 saturated heterocycles. The van der Waals surface area contributed by atoms with Crippen molar-refractivity contribution in [2.75, 3.05) is 19.0 Å². The van der Waals surface area contributed by atoms with E-state index in [0.717, 1.165) is 17.1 Å². The molecule has 1 aliphatic heterocycles. The number of ether oxygens (including phenoxy) is 2. The molecule has 1 heterocycles. The molecule has 2 unspecified atom stereocenters. The molecular weight excluding hydrogens is 422 g/mol. The maximum atomic E-state index is 11.2. The summed E-state index contributed by atoms with van der Waals surface area (Å²) >= 11 is 1.60. The van der Waals surface area contributed by atoms with E-state index in [9.17, 15) is 9.90 Å². The van der Waals surface area contributed by atoms with E-state index < -0.39 is 12.0 Å². The first-order valence-electron chi connectivity index (χ1n) is 11.1. The van der Waals surface area contributed by atoms with Crippen LogP contribution in [0.15, 0.2) is 42.5 Å². The fourth-order valence-corrected chi connectivity index (χ4v) is 4.82. The number of nitrogens with one attached hydrogen (secondary N) is 1. The first-order chi connectivity index (χ1) is 14.9. The predicted octanol–water partition coefficient (Wildman–Crippen LogP) is 5.53. The number of hydrogen-bond acceptors (Lipinski definition) is 5. The van der Waals surface area contributed by atoms with Gasteiger partial charge < -0.3 is 14.6 Å². The number of carboxylic acid groups (broad SMARTS) is 1. The van der Waals surface area contributed by atoms with Crippen LogP contribution in [0.4, 0.5) is 0 Å². The van der Waals surface area contributed by atoms with Crippen LogP contribution in [0, 0.1) is 0 Å². The molecule has 2 aromatic carbocycles. The number of carbonyl (C=O) groups is 1. The molecule has 1 fully saturated rings. The van der Waals surface area contributed by atoms with Crippen molar-refractivity contribution < 1.29 is 19.4 Å². The normalized spacial score (nSPS) is 19.1. The molecule has 2 N–H and O–H groups in total. The largest absolute Gasteiger partial charge is 0.490 e. The zero-order chi connectivity index (χ0) is 23.5. The Hall–Kier alpha value is -2.18. The average molecular weight is 458 g/mol. The highest BCUT2D eigenvalue weighted by molar-refractivity contribution is 7.99. The highest BCUT2D eigenvalue weighted by atomic mass is 32.2. The number of hydrogen-bond donors (Lipinski definition) is 2. The molecule has 5 nitrogen and oxygen atoms in total. The summed E-state index contributed by atoms with van der Waals surface area (Å²) in [6.07, 6.45) is 0. The highest BCUT2D eigenvalue weighted by Crippen LogP contribution is 2.36. The van der Waals surface area contributed by atoms with E-state index in [-0.39, 0.29) is 16.2 Å². The van der Waals surface area contributed by atoms with Gasteiger partial charge in [0, 0.05) is 5.75 Å². The molecule has 0 aliphatic carbocycles. The van der Waals surface area contributed by atoms with E-state index in [4.69, 9.17) is 9.47 Å². The zero-order valence-corrected chi connectivity index (χ0v) is 20.7. The van der Waals surface area contributed by atoms with Crippen molar-refractivity contribution in [1.82, 2.24) is 5.32 Å². The van der Waals surface area contributed by atoms with Crippen molar-refractivity contribution in [3.05, 3.63) is 59.2 Å². The first kappa shape index (κ1) is 24.5. The van der Waals surface area contributed by atoms with Crippen LogP contribution in [0.2, 0.25) is 0 Å². The van der Waals surface area contributed by atoms with E-state index in [1.165, 1.54) is 11.1 Å². The molecule has 0 saturated carbocycles. The molecule has 6 heteroatoms. The van der Waals surface area contributed by atoms with Crippen LogP contribution >= 0.6 is 11.8 Å². The van der Waals surface area contributed by atoms with Crippen LogP contribution < -0.4 is 14.8 Å². The van der Waals surface area contributed by atoms with Gasteiger partial charge in [-0.15, -0.1) is 11.8 Å². The monoisotopic (exact) mass is 457 g/mol.